The van der Waals surface area contributed by atoms with Crippen LogP contribution in [0.3, 0.4) is 0 Å². The molecule has 0 aromatic carbocycles. The third-order valence-corrected chi connectivity index (χ3v) is 15.6. The minimum absolute atomic E-state index is 0.0111. The summed E-state index contributed by atoms with van der Waals surface area (Å²) in [6.45, 7) is 4.54. The zero-order valence-electron chi connectivity index (χ0n) is 51.9. The second-order valence-corrected chi connectivity index (χ2v) is 24.8. The lowest BCUT2D eigenvalue weighted by atomic mass is 10.0. The van der Waals surface area contributed by atoms with Crippen LogP contribution in [-0.2, 0) is 18.4 Å². The summed E-state index contributed by atoms with van der Waals surface area (Å²) in [7, 11) is 1.24. The van der Waals surface area contributed by atoms with Gasteiger partial charge in [-0.25, -0.2) is 0 Å². The molecule has 9 heteroatoms. The summed E-state index contributed by atoms with van der Waals surface area (Å²) in [6, 6.07) is -0.914. The number of nitrogens with one attached hydrogen (secondary N) is 1. The number of unbranched alkanes of at least 4 members (excludes halogenated alkanes) is 35. The lowest BCUT2D eigenvalue weighted by Crippen LogP contribution is -2.45. The number of allylic oxidation sites excluding steroid dienone is 13. The van der Waals surface area contributed by atoms with Crippen LogP contribution in [-0.4, -0.2) is 68.5 Å². The second kappa shape index (κ2) is 59.3. The van der Waals surface area contributed by atoms with Gasteiger partial charge >= 0.3 is 0 Å². The number of carbonyl (C=O) groups is 1. The summed E-state index contributed by atoms with van der Waals surface area (Å²) in [4.78, 5) is 25.6. The maximum absolute atomic E-state index is 13.0. The van der Waals surface area contributed by atoms with Crippen LogP contribution in [0.5, 0.6) is 0 Å². The zero-order chi connectivity index (χ0) is 57.0. The van der Waals surface area contributed by atoms with Crippen LogP contribution in [0.2, 0.25) is 0 Å². The van der Waals surface area contributed by atoms with Gasteiger partial charge in [-0.05, 0) is 77.0 Å². The monoisotopic (exact) mass is 1110 g/mol. The minimum Gasteiger partial charge on any atom is -0.756 e. The van der Waals surface area contributed by atoms with Crippen LogP contribution in [0.4, 0.5) is 0 Å². The minimum atomic E-state index is -4.62. The van der Waals surface area contributed by atoms with Crippen molar-refractivity contribution in [1.82, 2.24) is 5.32 Å². The Bertz CT molecular complexity index is 1550. The largest absolute Gasteiger partial charge is 0.756 e. The van der Waals surface area contributed by atoms with E-state index in [4.69, 9.17) is 9.05 Å². The number of likely N-dealkylation sites (N-methyl/N-ethyl adjacent to an activating group) is 1. The number of quaternary nitrogens is 1. The second-order valence-electron chi connectivity index (χ2n) is 23.4. The van der Waals surface area contributed by atoms with Crippen molar-refractivity contribution in [3.63, 3.8) is 0 Å². The van der Waals surface area contributed by atoms with E-state index in [0.717, 1.165) is 83.5 Å². The average Bonchev–Trinajstić information content (AvgIpc) is 3.41. The van der Waals surface area contributed by atoms with E-state index < -0.39 is 26.6 Å². The molecule has 0 saturated carbocycles. The van der Waals surface area contributed by atoms with E-state index in [-0.39, 0.29) is 12.5 Å². The average molecular weight is 1110 g/mol. The van der Waals surface area contributed by atoms with Crippen LogP contribution < -0.4 is 10.2 Å². The molecule has 0 aliphatic rings. The van der Waals surface area contributed by atoms with Gasteiger partial charge in [0.25, 0.3) is 7.82 Å². The molecule has 0 saturated heterocycles. The molecule has 8 nitrogen and oxygen atoms in total. The van der Waals surface area contributed by atoms with Gasteiger partial charge in [0, 0.05) is 6.42 Å². The summed E-state index contributed by atoms with van der Waals surface area (Å²) in [5.41, 5.74) is 0. The first-order valence-corrected chi connectivity index (χ1v) is 34.4. The molecule has 1 amide bonds. The number of amides is 1. The highest BCUT2D eigenvalue weighted by Crippen LogP contribution is 2.38. The molecule has 0 radical (unpaired) electrons. The van der Waals surface area contributed by atoms with E-state index in [1.807, 2.05) is 27.2 Å². The maximum atomic E-state index is 13.0. The predicted octanol–water partition coefficient (Wildman–Crippen LogP) is 20.1. The number of nitrogens with zero attached hydrogens (tertiary/aromatic N) is 1. The molecule has 0 heterocycles. The molecular formula is C69H127N2O6P. The van der Waals surface area contributed by atoms with Crippen molar-refractivity contribution in [2.45, 2.75) is 309 Å². The van der Waals surface area contributed by atoms with E-state index in [1.165, 1.54) is 193 Å². The smallest absolute Gasteiger partial charge is 0.268 e. The van der Waals surface area contributed by atoms with Crippen LogP contribution in [0, 0.1) is 0 Å². The molecule has 78 heavy (non-hydrogen) atoms. The summed E-state index contributed by atoms with van der Waals surface area (Å²) >= 11 is 0. The topological polar surface area (TPSA) is 108 Å². The van der Waals surface area contributed by atoms with Gasteiger partial charge in [-0.1, -0.05) is 298 Å². The van der Waals surface area contributed by atoms with Crippen molar-refractivity contribution < 1.29 is 32.9 Å². The number of aliphatic hydroxyl groups is 1. The predicted molar refractivity (Wildman–Crippen MR) is 339 cm³/mol. The van der Waals surface area contributed by atoms with Gasteiger partial charge in [-0.15, -0.1) is 0 Å². The van der Waals surface area contributed by atoms with Gasteiger partial charge in [0.2, 0.25) is 5.91 Å². The van der Waals surface area contributed by atoms with Crippen LogP contribution >= 0.6 is 7.82 Å². The van der Waals surface area contributed by atoms with Crippen molar-refractivity contribution in [2.24, 2.45) is 0 Å². The standard InChI is InChI=1S/C69H127N2O6P/c1-6-8-10-12-14-16-18-20-22-24-26-28-30-32-33-34-35-36-37-39-40-42-44-46-48-50-52-54-56-58-60-62-68(72)67(66-77-78(74,75)76-65-64-71(3,4)5)70-69(73)63-61-59-57-55-53-51-49-47-45-43-41-38-31-29-27-25-23-21-19-17-15-13-11-9-7-2/h9,11,15,17,21,23,27,29,38,41,52,54,60,62,67-68,72H,6-8,10,12-14,16,18-20,22,24-26,28,30-37,39-40,42-51,53,55-59,61,63-66H2,1-5H3,(H-,70,73,74,75)/b11-9-,17-15-,23-21-,29-27-,41-38-,54-52+,62-60+. The summed E-state index contributed by atoms with van der Waals surface area (Å²) in [6.07, 6.45) is 84.1. The van der Waals surface area contributed by atoms with Gasteiger partial charge < -0.3 is 28.8 Å². The van der Waals surface area contributed by atoms with E-state index >= 15 is 0 Å². The van der Waals surface area contributed by atoms with Crippen molar-refractivity contribution in [1.29, 1.82) is 0 Å². The number of rotatable bonds is 60. The molecule has 0 aromatic heterocycles. The van der Waals surface area contributed by atoms with Crippen molar-refractivity contribution in [3.05, 3.63) is 85.1 Å². The quantitative estimate of drug-likeness (QED) is 0.0272. The third kappa shape index (κ3) is 61.3. The fourth-order valence-electron chi connectivity index (χ4n) is 9.49. The van der Waals surface area contributed by atoms with Gasteiger partial charge in [0.05, 0.1) is 39.9 Å². The van der Waals surface area contributed by atoms with Crippen LogP contribution in [0.1, 0.15) is 296 Å². The van der Waals surface area contributed by atoms with E-state index in [9.17, 15) is 19.4 Å². The summed E-state index contributed by atoms with van der Waals surface area (Å²) in [5, 5.41) is 13.9. The highest BCUT2D eigenvalue weighted by Gasteiger charge is 2.23. The molecular weight excluding hydrogens is 984 g/mol. The number of carbonyl (C=O) groups excluding carboxylic acids is 1. The first-order valence-electron chi connectivity index (χ1n) is 32.9. The maximum Gasteiger partial charge on any atom is 0.268 e. The molecule has 0 fully saturated rings. The normalized spacial score (nSPS) is 14.3. The Labute approximate surface area is 484 Å². The molecule has 2 N–H and O–H groups in total. The van der Waals surface area contributed by atoms with Crippen molar-refractivity contribution >= 4 is 13.7 Å². The Morgan fingerprint density at radius 3 is 1.19 bits per heavy atom. The molecule has 454 valence electrons. The lowest BCUT2D eigenvalue weighted by molar-refractivity contribution is -0.870. The molecule has 0 aromatic rings. The van der Waals surface area contributed by atoms with Gasteiger partial charge in [-0.2, -0.15) is 0 Å². The number of phosphoric ester groups is 1. The Hall–Kier alpha value is -2.32. The molecule has 0 bridgehead atoms. The molecule has 3 atom stereocenters. The summed E-state index contributed by atoms with van der Waals surface area (Å²) < 4.78 is 23.4. The van der Waals surface area contributed by atoms with E-state index in [2.05, 4.69) is 92.1 Å². The highest BCUT2D eigenvalue weighted by atomic mass is 31.2. The van der Waals surface area contributed by atoms with Crippen molar-refractivity contribution in [3.8, 4) is 0 Å². The van der Waals surface area contributed by atoms with Gasteiger partial charge in [0.15, 0.2) is 0 Å². The first-order chi connectivity index (χ1) is 38.0. The zero-order valence-corrected chi connectivity index (χ0v) is 52.7. The Kier molecular flexibility index (Phi) is 57.5. The third-order valence-electron chi connectivity index (χ3n) is 14.6. The SMILES string of the molecule is CC/C=C\C/C=C\C/C=C\C/C=C\C/C=C\CCCCCCCCCCCC(=O)NC(COP(=O)([O-])OCC[N+](C)(C)C)C(O)/C=C/CC/C=C/CCCCCCCCCCCCCCCCCCCCCCCCCCC. The van der Waals surface area contributed by atoms with Gasteiger partial charge in [-0.3, -0.25) is 9.36 Å². The van der Waals surface area contributed by atoms with Gasteiger partial charge in [0.1, 0.15) is 13.2 Å². The van der Waals surface area contributed by atoms with Crippen molar-refractivity contribution in [2.75, 3.05) is 40.9 Å². The molecule has 0 aliphatic heterocycles. The molecule has 0 spiro atoms. The van der Waals surface area contributed by atoms with Crippen LogP contribution in [0.15, 0.2) is 85.1 Å². The lowest BCUT2D eigenvalue weighted by Gasteiger charge is -2.29. The fourth-order valence-corrected chi connectivity index (χ4v) is 10.2. The number of hydrogen-bond donors (Lipinski definition) is 2. The van der Waals surface area contributed by atoms with E-state index in [0.29, 0.717) is 17.4 Å². The number of aliphatic hydroxyl groups excluding tert-OH is 1. The molecule has 0 aliphatic carbocycles. The summed E-state index contributed by atoms with van der Waals surface area (Å²) in [5.74, 6) is -0.214. The molecule has 0 rings (SSSR count). The first kappa shape index (κ1) is 75.7. The van der Waals surface area contributed by atoms with E-state index in [1.54, 1.807) is 6.08 Å². The Morgan fingerprint density at radius 1 is 0.462 bits per heavy atom. The highest BCUT2D eigenvalue weighted by molar-refractivity contribution is 7.45. The van der Waals surface area contributed by atoms with Crippen LogP contribution in [0.25, 0.3) is 0 Å². The number of phosphoric acid groups is 1. The number of hydrogen-bond acceptors (Lipinski definition) is 6. The Balaban J connectivity index is 4.17. The molecule has 3 unspecified atom stereocenters. The Morgan fingerprint density at radius 2 is 0.795 bits per heavy atom. The fraction of sp³-hybridized carbons (Fsp3) is 0.783.